The van der Waals surface area contributed by atoms with E-state index in [-0.39, 0.29) is 5.78 Å². The summed E-state index contributed by atoms with van der Waals surface area (Å²) < 4.78 is 0. The number of nitrogens with zero attached hydrogens (tertiary/aromatic N) is 1. The van der Waals surface area contributed by atoms with Crippen molar-refractivity contribution in [3.8, 4) is 0 Å². The molecule has 37 heavy (non-hydrogen) atoms. The lowest BCUT2D eigenvalue weighted by Gasteiger charge is -2.30. The number of hydrogen-bond acceptors (Lipinski definition) is 3. The van der Waals surface area contributed by atoms with E-state index in [2.05, 4.69) is 86.4 Å². The summed E-state index contributed by atoms with van der Waals surface area (Å²) in [6.45, 7) is 20.2. The number of rotatable bonds is 9. The number of carbonyl (C=O) groups excluding carboxylic acids is 1. The predicted octanol–water partition coefficient (Wildman–Crippen LogP) is 8.28. The largest absolute Gasteiger partial charge is 0.317 e. The Morgan fingerprint density at radius 2 is 1.46 bits per heavy atom. The summed E-state index contributed by atoms with van der Waals surface area (Å²) in [5.74, 6) is 1.18. The first-order valence-electron chi connectivity index (χ1n) is 14.9. The summed E-state index contributed by atoms with van der Waals surface area (Å²) in [7, 11) is 2.02. The molecule has 0 aromatic heterocycles. The Morgan fingerprint density at radius 3 is 1.92 bits per heavy atom. The van der Waals surface area contributed by atoms with Crippen molar-refractivity contribution in [2.45, 2.75) is 113 Å². The summed E-state index contributed by atoms with van der Waals surface area (Å²) in [6.07, 6.45) is 8.10. The number of aryl methyl sites for hydroxylation is 2. The maximum Gasteiger partial charge on any atom is 0.129 e. The van der Waals surface area contributed by atoms with Crippen LogP contribution in [0.5, 0.6) is 0 Å². The zero-order valence-electron chi connectivity index (χ0n) is 25.7. The van der Waals surface area contributed by atoms with Crippen LogP contribution in [0.25, 0.3) is 0 Å². The minimum absolute atomic E-state index is 0.255. The minimum atomic E-state index is 0.255. The molecule has 1 aliphatic heterocycles. The molecule has 0 radical (unpaired) electrons. The first kappa shape index (κ1) is 35.0. The smallest absolute Gasteiger partial charge is 0.129 e. The summed E-state index contributed by atoms with van der Waals surface area (Å²) in [6, 6.07) is 18.4. The number of carbonyl (C=O) groups is 1. The molecule has 2 aromatic carbocycles. The molecule has 1 atom stereocenters. The highest BCUT2D eigenvalue weighted by atomic mass is 16.1. The van der Waals surface area contributed by atoms with Crippen molar-refractivity contribution in [1.82, 2.24) is 10.2 Å². The average molecular weight is 511 g/mol. The van der Waals surface area contributed by atoms with Crippen molar-refractivity contribution >= 4 is 5.78 Å². The molecule has 0 amide bonds. The second-order valence-corrected chi connectivity index (χ2v) is 10.1. The second kappa shape index (κ2) is 22.1. The van der Waals surface area contributed by atoms with Gasteiger partial charge in [0.15, 0.2) is 0 Å². The summed E-state index contributed by atoms with van der Waals surface area (Å²) in [5.41, 5.74) is 5.91. The van der Waals surface area contributed by atoms with E-state index in [0.29, 0.717) is 12.5 Å². The maximum atomic E-state index is 9.81. The van der Waals surface area contributed by atoms with Crippen molar-refractivity contribution in [2.24, 2.45) is 5.92 Å². The third-order valence-electron chi connectivity index (χ3n) is 6.87. The van der Waals surface area contributed by atoms with E-state index in [0.717, 1.165) is 25.3 Å². The fourth-order valence-electron chi connectivity index (χ4n) is 4.06. The molecule has 3 heteroatoms. The molecule has 1 fully saturated rings. The Labute approximate surface area is 230 Å². The highest BCUT2D eigenvalue weighted by Gasteiger charge is 2.15. The van der Waals surface area contributed by atoms with Gasteiger partial charge in [0.1, 0.15) is 5.78 Å². The van der Waals surface area contributed by atoms with Gasteiger partial charge < -0.3 is 10.1 Å². The van der Waals surface area contributed by atoms with E-state index in [4.69, 9.17) is 0 Å². The van der Waals surface area contributed by atoms with Gasteiger partial charge in [0.25, 0.3) is 0 Å². The number of likely N-dealkylation sites (tertiary alicyclic amines) is 1. The van der Waals surface area contributed by atoms with Crippen molar-refractivity contribution < 1.29 is 4.79 Å². The predicted molar refractivity (Wildman–Crippen MR) is 164 cm³/mol. The zero-order valence-corrected chi connectivity index (χ0v) is 25.7. The molecule has 0 aliphatic carbocycles. The highest BCUT2D eigenvalue weighted by Crippen LogP contribution is 2.18. The topological polar surface area (TPSA) is 32.3 Å². The summed E-state index contributed by atoms with van der Waals surface area (Å²) in [4.78, 5) is 12.4. The van der Waals surface area contributed by atoms with Crippen LogP contribution >= 0.6 is 0 Å². The molecule has 2 aromatic rings. The van der Waals surface area contributed by atoms with Crippen LogP contribution in [-0.4, -0.2) is 36.9 Å². The van der Waals surface area contributed by atoms with Crippen molar-refractivity contribution in [2.75, 3.05) is 20.1 Å². The van der Waals surface area contributed by atoms with Gasteiger partial charge in [-0.25, -0.2) is 0 Å². The van der Waals surface area contributed by atoms with Crippen molar-refractivity contribution in [3.05, 3.63) is 70.8 Å². The number of likely N-dealkylation sites (N-methyl/N-ethyl adjacent to an activating group) is 1. The number of benzene rings is 2. The minimum Gasteiger partial charge on any atom is -0.317 e. The Bertz CT molecular complexity index is 807. The molecule has 1 saturated heterocycles. The van der Waals surface area contributed by atoms with E-state index in [1.165, 1.54) is 61.0 Å². The van der Waals surface area contributed by atoms with E-state index >= 15 is 0 Å². The van der Waals surface area contributed by atoms with Gasteiger partial charge in [-0.15, -0.1) is 0 Å². The molecule has 1 unspecified atom stereocenters. The van der Waals surface area contributed by atoms with Crippen molar-refractivity contribution in [1.29, 1.82) is 0 Å². The molecule has 0 saturated carbocycles. The fourth-order valence-corrected chi connectivity index (χ4v) is 4.06. The Kier molecular flexibility index (Phi) is 20.9. The first-order chi connectivity index (χ1) is 17.8. The molecule has 210 valence electrons. The monoisotopic (exact) mass is 510 g/mol. The molecule has 0 spiro atoms. The summed E-state index contributed by atoms with van der Waals surface area (Å²) >= 11 is 0. The van der Waals surface area contributed by atoms with E-state index in [1.807, 2.05) is 27.8 Å². The number of ketones is 1. The maximum absolute atomic E-state index is 9.81. The number of nitrogens with one attached hydrogen (secondary N) is 1. The van der Waals surface area contributed by atoms with Crippen molar-refractivity contribution in [3.63, 3.8) is 0 Å². The molecule has 0 bridgehead atoms. The molecular weight excluding hydrogens is 452 g/mol. The van der Waals surface area contributed by atoms with Crippen LogP contribution in [0.15, 0.2) is 48.5 Å². The lowest BCUT2D eigenvalue weighted by molar-refractivity contribution is -0.116. The average Bonchev–Trinajstić information content (AvgIpc) is 2.93. The molecule has 1 aliphatic rings. The van der Waals surface area contributed by atoms with Gasteiger partial charge in [0, 0.05) is 19.0 Å². The normalized spacial score (nSPS) is 14.2. The number of hydrogen-bond donors (Lipinski definition) is 1. The van der Waals surface area contributed by atoms with Gasteiger partial charge in [0.2, 0.25) is 0 Å². The highest BCUT2D eigenvalue weighted by molar-refractivity contribution is 5.74. The Balaban J connectivity index is 0.000000566. The molecule has 1 heterocycles. The SMILES string of the molecule is CC.CCC(C)=O.CCCc1ccccc1CC(C)NC.CCc1ccc(CN2CCC(C)CC2)cc1. The standard InChI is InChI=1S/C15H23N.C13H21N.C4H8O.C2H6/c1-3-14-4-6-15(7-5-14)12-16-10-8-13(2)9-11-16;1-4-7-12-8-5-6-9-13(12)10-11(2)14-3;1-3-4(2)5;1-2/h4-7,13H,3,8-12H2,1-2H3;5-6,8-9,11,14H,4,7,10H2,1-3H3;3H2,1-2H3;1-2H3. The molecule has 3 nitrogen and oxygen atoms in total. The fraction of sp³-hybridized carbons (Fsp3) is 0.618. The van der Waals surface area contributed by atoms with Crippen LogP contribution in [0.3, 0.4) is 0 Å². The van der Waals surface area contributed by atoms with Crippen LogP contribution < -0.4 is 5.32 Å². The van der Waals surface area contributed by atoms with E-state index in [1.54, 1.807) is 6.92 Å². The third kappa shape index (κ3) is 16.5. The third-order valence-corrected chi connectivity index (χ3v) is 6.87. The first-order valence-corrected chi connectivity index (χ1v) is 14.9. The van der Waals surface area contributed by atoms with Gasteiger partial charge in [-0.3, -0.25) is 4.90 Å². The van der Waals surface area contributed by atoms with E-state index < -0.39 is 0 Å². The van der Waals surface area contributed by atoms with Crippen LogP contribution in [0.2, 0.25) is 0 Å². The van der Waals surface area contributed by atoms with Crippen LogP contribution in [0.1, 0.15) is 103 Å². The lowest BCUT2D eigenvalue weighted by Crippen LogP contribution is -2.32. The van der Waals surface area contributed by atoms with Crippen LogP contribution in [0, 0.1) is 5.92 Å². The molecule has 1 N–H and O–H groups in total. The number of piperidine rings is 1. The Morgan fingerprint density at radius 1 is 0.946 bits per heavy atom. The van der Waals surface area contributed by atoms with Crippen LogP contribution in [0.4, 0.5) is 0 Å². The second-order valence-electron chi connectivity index (χ2n) is 10.1. The van der Waals surface area contributed by atoms with Gasteiger partial charge in [-0.05, 0) is 94.3 Å². The Hall–Kier alpha value is -1.97. The quantitative estimate of drug-likeness (QED) is 0.368. The van der Waals surface area contributed by atoms with Gasteiger partial charge in [0.05, 0.1) is 0 Å². The molecule has 3 rings (SSSR count). The van der Waals surface area contributed by atoms with Crippen LogP contribution in [-0.2, 0) is 30.6 Å². The van der Waals surface area contributed by atoms with Gasteiger partial charge in [-0.2, -0.15) is 0 Å². The summed E-state index contributed by atoms with van der Waals surface area (Å²) in [5, 5.41) is 3.28. The van der Waals surface area contributed by atoms with Gasteiger partial charge in [-0.1, -0.05) is 96.5 Å². The number of Topliss-reactive ketones (excluding diaryl/α,β-unsaturated/α-hetero) is 1. The zero-order chi connectivity index (χ0) is 28.1. The lowest BCUT2D eigenvalue weighted by atomic mass is 9.98. The molecular formula is C34H58N2O. The van der Waals surface area contributed by atoms with Gasteiger partial charge >= 0.3 is 0 Å². The van der Waals surface area contributed by atoms with E-state index in [9.17, 15) is 4.79 Å².